The van der Waals surface area contributed by atoms with Crippen molar-refractivity contribution in [3.8, 4) is 0 Å². The van der Waals surface area contributed by atoms with Crippen molar-refractivity contribution >= 4 is 28.3 Å². The average Bonchev–Trinajstić information content (AvgIpc) is 2.91. The first-order chi connectivity index (χ1) is 10.8. The van der Waals surface area contributed by atoms with Crippen LogP contribution in [0.25, 0.3) is 0 Å². The second kappa shape index (κ2) is 9.94. The number of carbonyl (C=O) groups is 1. The summed E-state index contributed by atoms with van der Waals surface area (Å²) in [5, 5.41) is 6.41. The third-order valence-electron chi connectivity index (χ3n) is 5.23. The van der Waals surface area contributed by atoms with Crippen molar-refractivity contribution < 1.29 is 13.2 Å². The molecule has 0 aromatic carbocycles. The molecule has 1 amide bonds. The minimum atomic E-state index is -3.18. The zero-order chi connectivity index (χ0) is 16.9. The van der Waals surface area contributed by atoms with E-state index in [1.165, 1.54) is 19.1 Å². The van der Waals surface area contributed by atoms with Crippen molar-refractivity contribution in [3.05, 3.63) is 0 Å². The first kappa shape index (κ1) is 21.7. The van der Waals surface area contributed by atoms with E-state index in [2.05, 4.69) is 22.3 Å². The fourth-order valence-electron chi connectivity index (χ4n) is 3.85. The Balaban J connectivity index is 0.00000288. The molecule has 2 fully saturated rings. The van der Waals surface area contributed by atoms with Crippen LogP contribution in [0.5, 0.6) is 0 Å². The molecule has 1 aliphatic heterocycles. The van der Waals surface area contributed by atoms with Crippen molar-refractivity contribution in [2.75, 3.05) is 25.9 Å². The van der Waals surface area contributed by atoms with E-state index in [0.29, 0.717) is 24.8 Å². The molecule has 6 nitrogen and oxygen atoms in total. The number of sulfonamides is 1. The molecule has 4 unspecified atom stereocenters. The molecule has 1 aliphatic carbocycles. The van der Waals surface area contributed by atoms with E-state index in [1.807, 2.05) is 0 Å². The van der Waals surface area contributed by atoms with E-state index >= 15 is 0 Å². The Hall–Kier alpha value is -0.370. The molecule has 142 valence electrons. The van der Waals surface area contributed by atoms with Gasteiger partial charge in [0.1, 0.15) is 0 Å². The number of rotatable bonds is 7. The van der Waals surface area contributed by atoms with E-state index in [4.69, 9.17) is 0 Å². The highest BCUT2D eigenvalue weighted by molar-refractivity contribution is 7.88. The third kappa shape index (κ3) is 7.25. The summed E-state index contributed by atoms with van der Waals surface area (Å²) < 4.78 is 25.5. The lowest BCUT2D eigenvalue weighted by Crippen LogP contribution is -2.42. The van der Waals surface area contributed by atoms with Gasteiger partial charge < -0.3 is 10.6 Å². The lowest BCUT2D eigenvalue weighted by Gasteiger charge is -2.28. The second-order valence-electron chi connectivity index (χ2n) is 7.28. The summed E-state index contributed by atoms with van der Waals surface area (Å²) in [6.45, 7) is 4.83. The molecule has 4 atom stereocenters. The number of piperidine rings is 1. The highest BCUT2D eigenvalue weighted by Crippen LogP contribution is 2.26. The minimum Gasteiger partial charge on any atom is -0.356 e. The van der Waals surface area contributed by atoms with Crippen molar-refractivity contribution in [1.29, 1.82) is 0 Å². The van der Waals surface area contributed by atoms with Gasteiger partial charge in [-0.25, -0.2) is 13.1 Å². The Kier molecular flexibility index (Phi) is 8.98. The maximum atomic E-state index is 12.2. The van der Waals surface area contributed by atoms with Crippen molar-refractivity contribution in [2.45, 2.75) is 51.5 Å². The van der Waals surface area contributed by atoms with Crippen LogP contribution < -0.4 is 15.4 Å². The number of halogens is 1. The number of nitrogens with one attached hydrogen (secondary N) is 3. The Bertz CT molecular complexity index is 495. The monoisotopic (exact) mass is 381 g/mol. The molecule has 1 saturated heterocycles. The van der Waals surface area contributed by atoms with Gasteiger partial charge in [0.2, 0.25) is 15.9 Å². The molecule has 0 bridgehead atoms. The largest absolute Gasteiger partial charge is 0.356 e. The summed E-state index contributed by atoms with van der Waals surface area (Å²) in [7, 11) is -3.18. The van der Waals surface area contributed by atoms with Crippen LogP contribution in [0.1, 0.15) is 45.4 Å². The van der Waals surface area contributed by atoms with Gasteiger partial charge in [-0.05, 0) is 56.5 Å². The number of hydrogen-bond donors (Lipinski definition) is 3. The molecule has 0 spiro atoms. The summed E-state index contributed by atoms with van der Waals surface area (Å²) in [5.74, 6) is 1.27. The van der Waals surface area contributed by atoms with Crippen molar-refractivity contribution in [2.24, 2.45) is 17.8 Å². The normalized spacial score (nSPS) is 28.8. The molecule has 0 radical (unpaired) electrons. The molecular weight excluding hydrogens is 350 g/mol. The van der Waals surface area contributed by atoms with Crippen molar-refractivity contribution in [3.63, 3.8) is 0 Å². The van der Waals surface area contributed by atoms with Crippen molar-refractivity contribution in [1.82, 2.24) is 15.4 Å². The molecule has 24 heavy (non-hydrogen) atoms. The van der Waals surface area contributed by atoms with Crippen LogP contribution in [0.2, 0.25) is 0 Å². The quantitative estimate of drug-likeness (QED) is 0.619. The number of amides is 1. The summed E-state index contributed by atoms with van der Waals surface area (Å²) in [6.07, 6.45) is 6.98. The topological polar surface area (TPSA) is 87.3 Å². The predicted octanol–water partition coefficient (Wildman–Crippen LogP) is 1.27. The Labute approximate surface area is 152 Å². The molecule has 0 aromatic heterocycles. The summed E-state index contributed by atoms with van der Waals surface area (Å²) in [4.78, 5) is 12.2. The van der Waals surface area contributed by atoms with E-state index < -0.39 is 10.0 Å². The zero-order valence-corrected chi connectivity index (χ0v) is 16.3. The maximum Gasteiger partial charge on any atom is 0.220 e. The maximum absolute atomic E-state index is 12.2. The predicted molar refractivity (Wildman–Crippen MR) is 98.7 cm³/mol. The summed E-state index contributed by atoms with van der Waals surface area (Å²) in [6, 6.07) is -0.0368. The van der Waals surface area contributed by atoms with Gasteiger partial charge in [-0.2, -0.15) is 0 Å². The van der Waals surface area contributed by atoms with E-state index in [0.717, 1.165) is 32.4 Å². The molecular formula is C16H32ClN3O3S. The van der Waals surface area contributed by atoms with Gasteiger partial charge in [0.15, 0.2) is 0 Å². The average molecular weight is 382 g/mol. The van der Waals surface area contributed by atoms with Crippen LogP contribution in [-0.2, 0) is 14.8 Å². The zero-order valence-electron chi connectivity index (χ0n) is 14.7. The molecule has 2 aliphatic rings. The Morgan fingerprint density at radius 1 is 1.25 bits per heavy atom. The molecule has 2 rings (SSSR count). The fraction of sp³-hybridized carbons (Fsp3) is 0.938. The van der Waals surface area contributed by atoms with E-state index in [1.54, 1.807) is 0 Å². The van der Waals surface area contributed by atoms with Gasteiger partial charge in [-0.1, -0.05) is 13.3 Å². The first-order valence-electron chi connectivity index (χ1n) is 8.80. The SMILES string of the molecule is CC(CC(=O)NCC1CCCC1NS(C)(=O)=O)C1CCCNC1.Cl. The van der Waals surface area contributed by atoms with Crippen LogP contribution >= 0.6 is 12.4 Å². The van der Waals surface area contributed by atoms with E-state index in [-0.39, 0.29) is 30.3 Å². The Morgan fingerprint density at radius 3 is 2.62 bits per heavy atom. The lowest BCUT2D eigenvalue weighted by molar-refractivity contribution is -0.122. The van der Waals surface area contributed by atoms with Crippen LogP contribution in [0, 0.1) is 17.8 Å². The fourth-order valence-corrected chi connectivity index (χ4v) is 4.71. The molecule has 1 saturated carbocycles. The molecule has 0 aromatic rings. The van der Waals surface area contributed by atoms with Crippen LogP contribution in [0.3, 0.4) is 0 Å². The molecule has 1 heterocycles. The van der Waals surface area contributed by atoms with Gasteiger partial charge in [-0.15, -0.1) is 12.4 Å². The molecule has 3 N–H and O–H groups in total. The Morgan fingerprint density at radius 2 is 2.00 bits per heavy atom. The summed E-state index contributed by atoms with van der Waals surface area (Å²) >= 11 is 0. The smallest absolute Gasteiger partial charge is 0.220 e. The van der Waals surface area contributed by atoms with Gasteiger partial charge in [0.25, 0.3) is 0 Å². The second-order valence-corrected chi connectivity index (χ2v) is 9.06. The standard InChI is InChI=1S/C16H31N3O3S.ClH/c1-12(13-6-4-8-17-10-13)9-16(20)18-11-14-5-3-7-15(14)19-23(2,21)22;/h12-15,17,19H,3-11H2,1-2H3,(H,18,20);1H. The third-order valence-corrected chi connectivity index (χ3v) is 5.96. The van der Waals surface area contributed by atoms with Crippen LogP contribution in [-0.4, -0.2) is 46.3 Å². The van der Waals surface area contributed by atoms with Crippen LogP contribution in [0.15, 0.2) is 0 Å². The van der Waals surface area contributed by atoms with Gasteiger partial charge in [0, 0.05) is 19.0 Å². The minimum absolute atomic E-state index is 0. The van der Waals surface area contributed by atoms with Gasteiger partial charge in [-0.3, -0.25) is 4.79 Å². The van der Waals surface area contributed by atoms with E-state index in [9.17, 15) is 13.2 Å². The number of hydrogen-bond acceptors (Lipinski definition) is 4. The van der Waals surface area contributed by atoms with Gasteiger partial charge in [0.05, 0.1) is 6.26 Å². The summed E-state index contributed by atoms with van der Waals surface area (Å²) in [5.41, 5.74) is 0. The highest BCUT2D eigenvalue weighted by Gasteiger charge is 2.30. The van der Waals surface area contributed by atoms with Gasteiger partial charge >= 0.3 is 0 Å². The number of carbonyl (C=O) groups excluding carboxylic acids is 1. The first-order valence-corrected chi connectivity index (χ1v) is 10.7. The lowest BCUT2D eigenvalue weighted by atomic mass is 9.85. The highest BCUT2D eigenvalue weighted by atomic mass is 35.5. The molecule has 8 heteroatoms. The van der Waals surface area contributed by atoms with Crippen LogP contribution in [0.4, 0.5) is 0 Å².